The van der Waals surface area contributed by atoms with Crippen LogP contribution >= 0.6 is 0 Å². The number of carbonyl (C=O) groups excluding carboxylic acids is 1. The van der Waals surface area contributed by atoms with E-state index in [4.69, 9.17) is 10.00 Å². The monoisotopic (exact) mass is 308 g/mol. The Labute approximate surface area is 127 Å². The molecule has 0 heterocycles. The lowest BCUT2D eigenvalue weighted by Gasteiger charge is -2.05. The van der Waals surface area contributed by atoms with E-state index in [1.807, 2.05) is 6.07 Å². The summed E-state index contributed by atoms with van der Waals surface area (Å²) in [4.78, 5) is 11.7. The van der Waals surface area contributed by atoms with Crippen LogP contribution in [-0.4, -0.2) is 35.3 Å². The third-order valence-electron chi connectivity index (χ3n) is 2.79. The van der Waals surface area contributed by atoms with Gasteiger partial charge in [0.2, 0.25) is 5.91 Å². The predicted molar refractivity (Wildman–Crippen MR) is 83.4 cm³/mol. The topological polar surface area (TPSA) is 79.2 Å². The molecule has 0 spiro atoms. The molecule has 0 aliphatic heterocycles. The molecule has 1 aromatic rings. The number of hydrogen-bond acceptors (Lipinski definition) is 4. The van der Waals surface area contributed by atoms with Crippen LogP contribution in [0.2, 0.25) is 0 Å². The van der Waals surface area contributed by atoms with Crippen molar-refractivity contribution >= 4 is 22.4 Å². The van der Waals surface area contributed by atoms with Crippen molar-refractivity contribution in [3.63, 3.8) is 0 Å². The maximum absolute atomic E-state index is 11.7. The van der Waals surface area contributed by atoms with Crippen LogP contribution in [0.25, 0.3) is 0 Å². The second-order valence-corrected chi connectivity index (χ2v) is 6.23. The molecular formula is C15H20N2O3S. The highest BCUT2D eigenvalue weighted by Gasteiger charge is 2.05. The highest BCUT2D eigenvalue weighted by Crippen LogP contribution is 2.09. The van der Waals surface area contributed by atoms with Gasteiger partial charge < -0.3 is 10.1 Å². The Kier molecular flexibility index (Phi) is 8.32. The minimum absolute atomic E-state index is 0.103. The van der Waals surface area contributed by atoms with E-state index >= 15 is 0 Å². The number of ether oxygens (including phenoxy) is 1. The molecule has 1 amide bonds. The molecule has 0 radical (unpaired) electrons. The number of hydrogen-bond donors (Lipinski definition) is 1. The van der Waals surface area contributed by atoms with Gasteiger partial charge in [-0.05, 0) is 37.1 Å². The number of amides is 1. The molecule has 1 rings (SSSR count). The zero-order chi connectivity index (χ0) is 15.5. The lowest BCUT2D eigenvalue weighted by atomic mass is 10.2. The van der Waals surface area contributed by atoms with E-state index in [0.717, 1.165) is 6.42 Å². The Hall–Kier alpha value is -1.71. The summed E-state index contributed by atoms with van der Waals surface area (Å²) >= 11 is 0. The summed E-state index contributed by atoms with van der Waals surface area (Å²) in [5.74, 6) is 1.05. The molecule has 0 saturated carbocycles. The lowest BCUT2D eigenvalue weighted by Crippen LogP contribution is -2.13. The van der Waals surface area contributed by atoms with Crippen molar-refractivity contribution in [2.24, 2.45) is 0 Å². The number of carbonyl (C=O) groups is 1. The third-order valence-corrected chi connectivity index (χ3v) is 4.28. The molecule has 0 aromatic heterocycles. The van der Waals surface area contributed by atoms with Crippen molar-refractivity contribution in [1.82, 2.24) is 0 Å². The first-order chi connectivity index (χ1) is 10.2. The van der Waals surface area contributed by atoms with Gasteiger partial charge in [0.05, 0.1) is 11.6 Å². The first kappa shape index (κ1) is 17.3. The molecule has 5 nitrogen and oxygen atoms in total. The van der Waals surface area contributed by atoms with Gasteiger partial charge in [-0.1, -0.05) is 0 Å². The SMILES string of the molecule is COCCCS(=O)CCCC(=O)Nc1ccc(C#N)cc1. The average Bonchev–Trinajstić information content (AvgIpc) is 2.48. The number of anilines is 1. The molecule has 114 valence electrons. The Morgan fingerprint density at radius 3 is 2.57 bits per heavy atom. The molecule has 6 heteroatoms. The van der Waals surface area contributed by atoms with Gasteiger partial charge in [-0.3, -0.25) is 9.00 Å². The summed E-state index contributed by atoms with van der Waals surface area (Å²) in [5.41, 5.74) is 1.22. The molecule has 21 heavy (non-hydrogen) atoms. The number of rotatable bonds is 9. The fourth-order valence-electron chi connectivity index (χ4n) is 1.71. The van der Waals surface area contributed by atoms with E-state index in [1.54, 1.807) is 31.4 Å². The average molecular weight is 308 g/mol. The first-order valence-corrected chi connectivity index (χ1v) is 8.28. The van der Waals surface area contributed by atoms with Crippen LogP contribution in [0.3, 0.4) is 0 Å². The van der Waals surface area contributed by atoms with E-state index in [1.165, 1.54) is 0 Å². The number of nitrogens with zero attached hydrogens (tertiary/aromatic N) is 1. The summed E-state index contributed by atoms with van der Waals surface area (Å²) in [6.07, 6.45) is 1.72. The van der Waals surface area contributed by atoms with E-state index in [9.17, 15) is 9.00 Å². The van der Waals surface area contributed by atoms with Crippen LogP contribution in [0.1, 0.15) is 24.8 Å². The number of methoxy groups -OCH3 is 1. The molecule has 1 unspecified atom stereocenters. The molecule has 1 aromatic carbocycles. The molecule has 1 N–H and O–H groups in total. The summed E-state index contributed by atoms with van der Waals surface area (Å²) < 4.78 is 16.5. The van der Waals surface area contributed by atoms with Crippen LogP contribution in [-0.2, 0) is 20.3 Å². The zero-order valence-corrected chi connectivity index (χ0v) is 12.9. The summed E-state index contributed by atoms with van der Waals surface area (Å²) in [6.45, 7) is 0.616. The van der Waals surface area contributed by atoms with Gasteiger partial charge in [-0.25, -0.2) is 0 Å². The van der Waals surface area contributed by atoms with Crippen LogP contribution in [0.5, 0.6) is 0 Å². The van der Waals surface area contributed by atoms with Crippen molar-refractivity contribution in [2.75, 3.05) is 30.5 Å². The molecule has 0 aliphatic carbocycles. The van der Waals surface area contributed by atoms with Gasteiger partial charge >= 0.3 is 0 Å². The normalized spacial score (nSPS) is 11.6. The quantitative estimate of drug-likeness (QED) is 0.708. The van der Waals surface area contributed by atoms with Crippen LogP contribution in [0.15, 0.2) is 24.3 Å². The van der Waals surface area contributed by atoms with Gasteiger partial charge in [-0.2, -0.15) is 5.26 Å². The molecule has 0 saturated heterocycles. The Bertz CT molecular complexity index is 509. The second-order valence-electron chi connectivity index (χ2n) is 4.54. The zero-order valence-electron chi connectivity index (χ0n) is 12.1. The lowest BCUT2D eigenvalue weighted by molar-refractivity contribution is -0.116. The largest absolute Gasteiger partial charge is 0.385 e. The van der Waals surface area contributed by atoms with Crippen LogP contribution in [0.4, 0.5) is 5.69 Å². The predicted octanol–water partition coefficient (Wildman–Crippen LogP) is 2.06. The van der Waals surface area contributed by atoms with Gasteiger partial charge in [0, 0.05) is 48.1 Å². The maximum Gasteiger partial charge on any atom is 0.224 e. The van der Waals surface area contributed by atoms with E-state index in [-0.39, 0.29) is 5.91 Å². The third kappa shape index (κ3) is 7.59. The fraction of sp³-hybridized carbons (Fsp3) is 0.467. The molecule has 1 atom stereocenters. The number of nitriles is 1. The second kappa shape index (κ2) is 10.1. The maximum atomic E-state index is 11.7. The van der Waals surface area contributed by atoms with Crippen molar-refractivity contribution in [3.8, 4) is 6.07 Å². The molecule has 0 aliphatic rings. The van der Waals surface area contributed by atoms with Gasteiger partial charge in [-0.15, -0.1) is 0 Å². The smallest absolute Gasteiger partial charge is 0.224 e. The minimum Gasteiger partial charge on any atom is -0.385 e. The van der Waals surface area contributed by atoms with Crippen LogP contribution in [0, 0.1) is 11.3 Å². The van der Waals surface area contributed by atoms with E-state index < -0.39 is 10.8 Å². The Balaban J connectivity index is 2.21. The number of benzene rings is 1. The first-order valence-electron chi connectivity index (χ1n) is 6.79. The Morgan fingerprint density at radius 2 is 1.95 bits per heavy atom. The van der Waals surface area contributed by atoms with E-state index in [2.05, 4.69) is 5.32 Å². The highest BCUT2D eigenvalue weighted by molar-refractivity contribution is 7.84. The van der Waals surface area contributed by atoms with Gasteiger partial charge in [0.25, 0.3) is 0 Å². The van der Waals surface area contributed by atoms with E-state index in [0.29, 0.717) is 42.2 Å². The van der Waals surface area contributed by atoms with Gasteiger partial charge in [0.15, 0.2) is 0 Å². The highest BCUT2D eigenvalue weighted by atomic mass is 32.2. The van der Waals surface area contributed by atoms with Gasteiger partial charge in [0.1, 0.15) is 0 Å². The Morgan fingerprint density at radius 1 is 1.29 bits per heavy atom. The molecular weight excluding hydrogens is 288 g/mol. The minimum atomic E-state index is -0.885. The van der Waals surface area contributed by atoms with Crippen molar-refractivity contribution in [2.45, 2.75) is 19.3 Å². The van der Waals surface area contributed by atoms with Crippen molar-refractivity contribution in [1.29, 1.82) is 5.26 Å². The summed E-state index contributed by atoms with van der Waals surface area (Å²) in [6, 6.07) is 8.71. The number of nitrogens with one attached hydrogen (secondary N) is 1. The standard InChI is InChI=1S/C15H20N2O3S/c1-20-9-3-11-21(19)10-2-4-15(18)17-14-7-5-13(12-16)6-8-14/h5-8H,2-4,9-11H2,1H3,(H,17,18). The molecule has 0 bridgehead atoms. The van der Waals surface area contributed by atoms with Crippen LogP contribution < -0.4 is 5.32 Å². The summed E-state index contributed by atoms with van der Waals surface area (Å²) in [7, 11) is 0.737. The molecule has 0 fully saturated rings. The van der Waals surface area contributed by atoms with Crippen molar-refractivity contribution < 1.29 is 13.7 Å². The van der Waals surface area contributed by atoms with Crippen molar-refractivity contribution in [3.05, 3.63) is 29.8 Å². The fourth-order valence-corrected chi connectivity index (χ4v) is 2.82. The summed E-state index contributed by atoms with van der Waals surface area (Å²) in [5, 5.41) is 11.4.